The molecule has 0 bridgehead atoms. The van der Waals surface area contributed by atoms with Crippen LogP contribution in [0.3, 0.4) is 0 Å². The van der Waals surface area contributed by atoms with Crippen molar-refractivity contribution in [3.8, 4) is 0 Å². The van der Waals surface area contributed by atoms with E-state index in [1.165, 1.54) is 12.1 Å². The van der Waals surface area contributed by atoms with E-state index in [1.54, 1.807) is 12.1 Å². The van der Waals surface area contributed by atoms with Crippen molar-refractivity contribution in [2.24, 2.45) is 0 Å². The Hall–Kier alpha value is -2.88. The van der Waals surface area contributed by atoms with E-state index < -0.39 is 0 Å². The van der Waals surface area contributed by atoms with Gasteiger partial charge in [0.15, 0.2) is 0 Å². The van der Waals surface area contributed by atoms with Gasteiger partial charge in [-0.25, -0.2) is 4.39 Å². The van der Waals surface area contributed by atoms with Gasteiger partial charge in [0.1, 0.15) is 11.5 Å². The Morgan fingerprint density at radius 1 is 1.09 bits per heavy atom. The number of amides is 1. The highest BCUT2D eigenvalue weighted by atomic mass is 19.1. The van der Waals surface area contributed by atoms with E-state index in [0.717, 1.165) is 11.1 Å². The van der Waals surface area contributed by atoms with Crippen molar-refractivity contribution in [3.05, 3.63) is 89.5 Å². The first-order chi connectivity index (χ1) is 11.1. The molecule has 0 saturated carbocycles. The molecule has 0 fully saturated rings. The predicted molar refractivity (Wildman–Crippen MR) is 89.1 cm³/mol. The van der Waals surface area contributed by atoms with Crippen LogP contribution in [-0.4, -0.2) is 10.5 Å². The Morgan fingerprint density at radius 2 is 1.87 bits per heavy atom. The van der Waals surface area contributed by atoms with E-state index in [4.69, 9.17) is 0 Å². The monoisotopic (exact) mass is 308 g/mol. The molecule has 4 heteroatoms. The fourth-order valence-corrected chi connectivity index (χ4v) is 2.45. The highest BCUT2D eigenvalue weighted by molar-refractivity contribution is 6.03. The average molecular weight is 308 g/mol. The van der Waals surface area contributed by atoms with Crippen LogP contribution >= 0.6 is 0 Å². The minimum atomic E-state index is -0.370. The molecule has 116 valence electrons. The summed E-state index contributed by atoms with van der Waals surface area (Å²) in [5.74, 6) is -0.620. The molecule has 1 N–H and O–H groups in total. The lowest BCUT2D eigenvalue weighted by Gasteiger charge is -2.11. The summed E-state index contributed by atoms with van der Waals surface area (Å²) in [5, 5.41) is 2.78. The summed E-state index contributed by atoms with van der Waals surface area (Å²) in [6, 6.07) is 17.9. The predicted octanol–water partition coefficient (Wildman–Crippen LogP) is 4.24. The molecular formula is C19H17FN2O. The number of rotatable bonds is 4. The van der Waals surface area contributed by atoms with Crippen LogP contribution in [0.5, 0.6) is 0 Å². The highest BCUT2D eigenvalue weighted by Crippen LogP contribution is 2.17. The average Bonchev–Trinajstić information content (AvgIpc) is 3.00. The van der Waals surface area contributed by atoms with Crippen LogP contribution in [0.2, 0.25) is 0 Å². The Labute approximate surface area is 134 Å². The summed E-state index contributed by atoms with van der Waals surface area (Å²) in [5.41, 5.74) is 2.96. The third kappa shape index (κ3) is 3.48. The van der Waals surface area contributed by atoms with Crippen molar-refractivity contribution in [1.82, 2.24) is 4.57 Å². The Balaban J connectivity index is 1.81. The number of carbonyl (C=O) groups is 1. The molecule has 0 atom stereocenters. The van der Waals surface area contributed by atoms with E-state index in [9.17, 15) is 9.18 Å². The van der Waals surface area contributed by atoms with Crippen LogP contribution in [0.25, 0.3) is 0 Å². The van der Waals surface area contributed by atoms with Gasteiger partial charge in [0.2, 0.25) is 0 Å². The third-order valence-corrected chi connectivity index (χ3v) is 3.71. The molecule has 0 unspecified atom stereocenters. The van der Waals surface area contributed by atoms with Crippen LogP contribution in [0.1, 0.15) is 21.6 Å². The first kappa shape index (κ1) is 15.0. The van der Waals surface area contributed by atoms with Gasteiger partial charge >= 0.3 is 0 Å². The largest absolute Gasteiger partial charge is 0.339 e. The number of nitrogens with one attached hydrogen (secondary N) is 1. The van der Waals surface area contributed by atoms with Crippen molar-refractivity contribution < 1.29 is 9.18 Å². The van der Waals surface area contributed by atoms with Crippen LogP contribution in [0.4, 0.5) is 10.1 Å². The molecule has 2 aromatic carbocycles. The van der Waals surface area contributed by atoms with Gasteiger partial charge in [-0.1, -0.05) is 36.4 Å². The zero-order chi connectivity index (χ0) is 16.2. The number of nitrogens with zero attached hydrogens (tertiary/aromatic N) is 1. The first-order valence-corrected chi connectivity index (χ1v) is 7.40. The van der Waals surface area contributed by atoms with Gasteiger partial charge in [-0.3, -0.25) is 4.79 Å². The molecule has 0 radical (unpaired) electrons. The van der Waals surface area contributed by atoms with Crippen LogP contribution in [0.15, 0.2) is 66.9 Å². The van der Waals surface area contributed by atoms with E-state index in [1.807, 2.05) is 54.1 Å². The van der Waals surface area contributed by atoms with Gasteiger partial charge in [-0.05, 0) is 42.3 Å². The molecule has 1 heterocycles. The van der Waals surface area contributed by atoms with Gasteiger partial charge in [-0.15, -0.1) is 0 Å². The lowest BCUT2D eigenvalue weighted by atomic mass is 10.2. The van der Waals surface area contributed by atoms with Crippen molar-refractivity contribution in [1.29, 1.82) is 0 Å². The SMILES string of the molecule is Cc1ccc(F)cc1NC(=O)c1cccn1Cc1ccccc1. The number of aryl methyl sites for hydroxylation is 1. The smallest absolute Gasteiger partial charge is 0.272 e. The lowest BCUT2D eigenvalue weighted by Crippen LogP contribution is -2.17. The molecule has 0 aliphatic carbocycles. The number of aromatic nitrogens is 1. The van der Waals surface area contributed by atoms with E-state index in [0.29, 0.717) is 17.9 Å². The summed E-state index contributed by atoms with van der Waals surface area (Å²) in [4.78, 5) is 12.5. The zero-order valence-electron chi connectivity index (χ0n) is 12.8. The minimum absolute atomic E-state index is 0.250. The summed E-state index contributed by atoms with van der Waals surface area (Å²) >= 11 is 0. The van der Waals surface area contributed by atoms with Gasteiger partial charge in [0.05, 0.1) is 0 Å². The molecule has 3 aromatic rings. The molecular weight excluding hydrogens is 291 g/mol. The second-order valence-electron chi connectivity index (χ2n) is 5.42. The molecule has 0 spiro atoms. The van der Waals surface area contributed by atoms with Crippen molar-refractivity contribution >= 4 is 11.6 Å². The first-order valence-electron chi connectivity index (χ1n) is 7.40. The van der Waals surface area contributed by atoms with Crippen molar-refractivity contribution in [3.63, 3.8) is 0 Å². The van der Waals surface area contributed by atoms with Gasteiger partial charge < -0.3 is 9.88 Å². The third-order valence-electron chi connectivity index (χ3n) is 3.71. The van der Waals surface area contributed by atoms with Crippen molar-refractivity contribution in [2.75, 3.05) is 5.32 Å². The summed E-state index contributed by atoms with van der Waals surface area (Å²) in [6.07, 6.45) is 1.86. The summed E-state index contributed by atoms with van der Waals surface area (Å²) < 4.78 is 15.2. The fraction of sp³-hybridized carbons (Fsp3) is 0.105. The number of benzene rings is 2. The van der Waals surface area contributed by atoms with E-state index in [2.05, 4.69) is 5.32 Å². The quantitative estimate of drug-likeness (QED) is 0.768. The molecule has 1 amide bonds. The van der Waals surface area contributed by atoms with Gasteiger partial charge in [0.25, 0.3) is 5.91 Å². The molecule has 23 heavy (non-hydrogen) atoms. The molecule has 0 aliphatic heterocycles. The van der Waals surface area contributed by atoms with Crippen LogP contribution in [-0.2, 0) is 6.54 Å². The Bertz CT molecular complexity index is 824. The zero-order valence-corrected chi connectivity index (χ0v) is 12.8. The Morgan fingerprint density at radius 3 is 2.65 bits per heavy atom. The number of anilines is 1. The molecule has 1 aromatic heterocycles. The minimum Gasteiger partial charge on any atom is -0.339 e. The maximum Gasteiger partial charge on any atom is 0.272 e. The molecule has 3 nitrogen and oxygen atoms in total. The molecule has 0 aliphatic rings. The number of carbonyl (C=O) groups excluding carboxylic acids is 1. The maximum atomic E-state index is 13.4. The summed E-state index contributed by atoms with van der Waals surface area (Å²) in [6.45, 7) is 2.44. The number of hydrogen-bond donors (Lipinski definition) is 1. The van der Waals surface area contributed by atoms with E-state index >= 15 is 0 Å². The fourth-order valence-electron chi connectivity index (χ4n) is 2.45. The second kappa shape index (κ2) is 6.48. The molecule has 0 saturated heterocycles. The van der Waals surface area contributed by atoms with Gasteiger partial charge in [0, 0.05) is 18.4 Å². The number of hydrogen-bond acceptors (Lipinski definition) is 1. The van der Waals surface area contributed by atoms with Crippen LogP contribution < -0.4 is 5.32 Å². The maximum absolute atomic E-state index is 13.4. The number of halogens is 1. The lowest BCUT2D eigenvalue weighted by molar-refractivity contribution is 0.101. The van der Waals surface area contributed by atoms with Crippen LogP contribution in [0, 0.1) is 12.7 Å². The standard InChI is InChI=1S/C19H17FN2O/c1-14-9-10-16(20)12-17(14)21-19(23)18-8-5-11-22(18)13-15-6-3-2-4-7-15/h2-12H,13H2,1H3,(H,21,23). The van der Waals surface area contributed by atoms with Gasteiger partial charge in [-0.2, -0.15) is 0 Å². The Kier molecular flexibility index (Phi) is 4.24. The van der Waals surface area contributed by atoms with E-state index in [-0.39, 0.29) is 11.7 Å². The topological polar surface area (TPSA) is 34.0 Å². The second-order valence-corrected chi connectivity index (χ2v) is 5.42. The molecule has 3 rings (SSSR count). The normalized spacial score (nSPS) is 10.5. The van der Waals surface area contributed by atoms with Crippen molar-refractivity contribution in [2.45, 2.75) is 13.5 Å². The summed E-state index contributed by atoms with van der Waals surface area (Å²) in [7, 11) is 0. The highest BCUT2D eigenvalue weighted by Gasteiger charge is 2.12.